The SMILES string of the molecule is CO[Si](CCCc1ccc(C=O)cc1)(OC)OC. The summed E-state index contributed by atoms with van der Waals surface area (Å²) in [6.45, 7) is 0. The maximum atomic E-state index is 10.5. The van der Waals surface area contributed by atoms with Crippen LogP contribution in [0.2, 0.25) is 6.04 Å². The third-order valence-electron chi connectivity index (χ3n) is 3.00. The topological polar surface area (TPSA) is 44.8 Å². The Kier molecular flexibility index (Phi) is 6.21. The highest BCUT2D eigenvalue weighted by Gasteiger charge is 2.36. The number of hydrogen-bond acceptors (Lipinski definition) is 4. The molecule has 0 fully saturated rings. The predicted molar refractivity (Wildman–Crippen MR) is 71.7 cm³/mol. The first kappa shape index (κ1) is 15.0. The molecule has 0 radical (unpaired) electrons. The average molecular weight is 268 g/mol. The molecule has 4 nitrogen and oxygen atoms in total. The van der Waals surface area contributed by atoms with Crippen molar-refractivity contribution in [3.8, 4) is 0 Å². The molecule has 0 saturated heterocycles. The molecular formula is C13H20O4Si. The van der Waals surface area contributed by atoms with Crippen molar-refractivity contribution in [3.05, 3.63) is 35.4 Å². The average Bonchev–Trinajstić information content (AvgIpc) is 2.45. The number of carbonyl (C=O) groups is 1. The van der Waals surface area contributed by atoms with Crippen LogP contribution in [0.4, 0.5) is 0 Å². The number of carbonyl (C=O) groups excluding carboxylic acids is 1. The highest BCUT2D eigenvalue weighted by molar-refractivity contribution is 6.60. The van der Waals surface area contributed by atoms with Crippen molar-refractivity contribution in [1.29, 1.82) is 0 Å². The van der Waals surface area contributed by atoms with E-state index in [0.29, 0.717) is 5.56 Å². The van der Waals surface area contributed by atoms with Crippen LogP contribution in [0.15, 0.2) is 24.3 Å². The van der Waals surface area contributed by atoms with E-state index in [1.165, 1.54) is 5.56 Å². The lowest BCUT2D eigenvalue weighted by Crippen LogP contribution is -2.42. The van der Waals surface area contributed by atoms with Crippen LogP contribution in [0, 0.1) is 0 Å². The van der Waals surface area contributed by atoms with E-state index >= 15 is 0 Å². The van der Waals surface area contributed by atoms with Crippen molar-refractivity contribution >= 4 is 15.1 Å². The van der Waals surface area contributed by atoms with E-state index in [-0.39, 0.29) is 0 Å². The largest absolute Gasteiger partial charge is 0.500 e. The van der Waals surface area contributed by atoms with Gasteiger partial charge in [0.05, 0.1) is 0 Å². The van der Waals surface area contributed by atoms with Gasteiger partial charge in [0.1, 0.15) is 6.29 Å². The molecule has 0 heterocycles. The van der Waals surface area contributed by atoms with Crippen LogP contribution in [0.25, 0.3) is 0 Å². The summed E-state index contributed by atoms with van der Waals surface area (Å²) in [5.74, 6) is 0. The van der Waals surface area contributed by atoms with Crippen LogP contribution in [0.5, 0.6) is 0 Å². The van der Waals surface area contributed by atoms with Gasteiger partial charge in [0.2, 0.25) is 0 Å². The maximum Gasteiger partial charge on any atom is 0.500 e. The molecule has 0 aliphatic rings. The van der Waals surface area contributed by atoms with Crippen LogP contribution >= 0.6 is 0 Å². The van der Waals surface area contributed by atoms with E-state index in [4.69, 9.17) is 13.3 Å². The van der Waals surface area contributed by atoms with Gasteiger partial charge in [0.25, 0.3) is 0 Å². The first-order chi connectivity index (χ1) is 8.69. The highest BCUT2D eigenvalue weighted by atomic mass is 28.4. The lowest BCUT2D eigenvalue weighted by molar-refractivity contribution is 0.112. The molecule has 100 valence electrons. The third-order valence-corrected chi connectivity index (χ3v) is 5.83. The predicted octanol–water partition coefficient (Wildman–Crippen LogP) is 2.31. The second-order valence-corrected chi connectivity index (χ2v) is 7.10. The van der Waals surface area contributed by atoms with Gasteiger partial charge in [-0.15, -0.1) is 0 Å². The smallest absolute Gasteiger partial charge is 0.377 e. The van der Waals surface area contributed by atoms with E-state index in [9.17, 15) is 4.79 Å². The Bertz CT molecular complexity index is 351. The number of aryl methyl sites for hydroxylation is 1. The monoisotopic (exact) mass is 268 g/mol. The van der Waals surface area contributed by atoms with E-state index in [2.05, 4.69) is 0 Å². The lowest BCUT2D eigenvalue weighted by Gasteiger charge is -2.24. The van der Waals surface area contributed by atoms with Gasteiger partial charge in [-0.3, -0.25) is 4.79 Å². The third kappa shape index (κ3) is 4.03. The molecule has 0 aliphatic heterocycles. The molecule has 1 aromatic carbocycles. The van der Waals surface area contributed by atoms with Crippen molar-refractivity contribution in [2.45, 2.75) is 18.9 Å². The minimum atomic E-state index is -2.45. The van der Waals surface area contributed by atoms with Crippen molar-refractivity contribution in [3.63, 3.8) is 0 Å². The van der Waals surface area contributed by atoms with Crippen molar-refractivity contribution in [2.24, 2.45) is 0 Å². The normalized spacial score (nSPS) is 11.5. The fraction of sp³-hybridized carbons (Fsp3) is 0.462. The van der Waals surface area contributed by atoms with Crippen molar-refractivity contribution in [1.82, 2.24) is 0 Å². The molecule has 0 aromatic heterocycles. The summed E-state index contributed by atoms with van der Waals surface area (Å²) in [7, 11) is 2.42. The Hall–Kier alpha value is -1.01. The number of aldehydes is 1. The molecule has 1 rings (SSSR count). The van der Waals surface area contributed by atoms with E-state index in [1.54, 1.807) is 21.3 Å². The molecule has 0 atom stereocenters. The summed E-state index contributed by atoms with van der Waals surface area (Å²) in [5.41, 5.74) is 1.90. The summed E-state index contributed by atoms with van der Waals surface area (Å²) in [6, 6.07) is 8.39. The quantitative estimate of drug-likeness (QED) is 0.536. The van der Waals surface area contributed by atoms with Gasteiger partial charge in [-0.25, -0.2) is 0 Å². The molecule has 0 aliphatic carbocycles. The van der Waals surface area contributed by atoms with Gasteiger partial charge in [0, 0.05) is 32.9 Å². The molecule has 0 amide bonds. The Morgan fingerprint density at radius 2 is 1.61 bits per heavy atom. The zero-order chi connectivity index (χ0) is 13.4. The van der Waals surface area contributed by atoms with Gasteiger partial charge in [-0.1, -0.05) is 24.3 Å². The maximum absolute atomic E-state index is 10.5. The number of rotatable bonds is 8. The summed E-state index contributed by atoms with van der Waals surface area (Å²) < 4.78 is 16.1. The molecule has 1 aromatic rings. The van der Waals surface area contributed by atoms with Crippen LogP contribution in [0.3, 0.4) is 0 Å². The standard InChI is InChI=1S/C13H20O4Si/c1-15-18(16-2,17-3)10-4-5-12-6-8-13(11-14)9-7-12/h6-9,11H,4-5,10H2,1-3H3. The Labute approximate surface area is 109 Å². The van der Waals surface area contributed by atoms with E-state index in [1.807, 2.05) is 24.3 Å². The summed E-state index contributed by atoms with van der Waals surface area (Å²) in [4.78, 5) is 10.5. The molecule has 18 heavy (non-hydrogen) atoms. The van der Waals surface area contributed by atoms with Crippen LogP contribution in [-0.4, -0.2) is 36.4 Å². The second-order valence-electron chi connectivity index (χ2n) is 4.01. The van der Waals surface area contributed by atoms with Crippen LogP contribution < -0.4 is 0 Å². The summed E-state index contributed by atoms with van der Waals surface area (Å²) in [5, 5.41) is 0. The van der Waals surface area contributed by atoms with Gasteiger partial charge in [-0.2, -0.15) is 0 Å². The van der Waals surface area contributed by atoms with Gasteiger partial charge >= 0.3 is 8.80 Å². The van der Waals surface area contributed by atoms with E-state index in [0.717, 1.165) is 25.2 Å². The molecule has 0 saturated carbocycles. The lowest BCUT2D eigenvalue weighted by atomic mass is 10.1. The zero-order valence-electron chi connectivity index (χ0n) is 11.1. The van der Waals surface area contributed by atoms with Gasteiger partial charge in [-0.05, 0) is 18.4 Å². The molecule has 0 bridgehead atoms. The van der Waals surface area contributed by atoms with Crippen LogP contribution in [0.1, 0.15) is 22.3 Å². The fourth-order valence-corrected chi connectivity index (χ4v) is 3.55. The Balaban J connectivity index is 2.47. The molecule has 0 spiro atoms. The minimum Gasteiger partial charge on any atom is -0.377 e. The van der Waals surface area contributed by atoms with Crippen LogP contribution in [-0.2, 0) is 19.7 Å². The first-order valence-corrected chi connectivity index (χ1v) is 7.82. The van der Waals surface area contributed by atoms with Gasteiger partial charge in [0.15, 0.2) is 0 Å². The van der Waals surface area contributed by atoms with E-state index < -0.39 is 8.80 Å². The second kappa shape index (κ2) is 7.43. The summed E-state index contributed by atoms with van der Waals surface area (Å²) >= 11 is 0. The molecule has 0 N–H and O–H groups in total. The van der Waals surface area contributed by atoms with Gasteiger partial charge < -0.3 is 13.3 Å². The molecule has 5 heteroatoms. The first-order valence-electron chi connectivity index (χ1n) is 5.89. The molecule has 0 unspecified atom stereocenters. The Morgan fingerprint density at radius 3 is 2.06 bits per heavy atom. The zero-order valence-corrected chi connectivity index (χ0v) is 12.1. The number of benzene rings is 1. The Morgan fingerprint density at radius 1 is 1.06 bits per heavy atom. The minimum absolute atomic E-state index is 0.702. The van der Waals surface area contributed by atoms with Crippen molar-refractivity contribution < 1.29 is 18.1 Å². The molecular weight excluding hydrogens is 248 g/mol. The fourth-order valence-electron chi connectivity index (χ4n) is 1.83. The highest BCUT2D eigenvalue weighted by Crippen LogP contribution is 2.17. The summed E-state index contributed by atoms with van der Waals surface area (Å²) in [6.07, 6.45) is 2.70. The van der Waals surface area contributed by atoms with Crippen molar-refractivity contribution in [2.75, 3.05) is 21.3 Å². The number of hydrogen-bond donors (Lipinski definition) is 0.